The van der Waals surface area contributed by atoms with Gasteiger partial charge in [0, 0.05) is 22.9 Å². The summed E-state index contributed by atoms with van der Waals surface area (Å²) >= 11 is 0. The number of ether oxygens (including phenoxy) is 2. The van der Waals surface area contributed by atoms with Crippen molar-refractivity contribution < 1.29 is 18.7 Å². The number of amides is 1. The third kappa shape index (κ3) is 4.27. The Morgan fingerprint density at radius 2 is 1.87 bits per heavy atom. The van der Waals surface area contributed by atoms with Crippen molar-refractivity contribution in [1.29, 1.82) is 0 Å². The SMILES string of the molecule is CCCOc1cccc(C(=O)Nc2ccc(-c3nc4cc(OC)ccc4o3)cc2)c1. The fourth-order valence-corrected chi connectivity index (χ4v) is 3.00. The summed E-state index contributed by atoms with van der Waals surface area (Å²) in [4.78, 5) is 17.1. The third-order valence-electron chi connectivity index (χ3n) is 4.55. The number of nitrogens with one attached hydrogen (secondary N) is 1. The molecular weight excluding hydrogens is 380 g/mol. The van der Waals surface area contributed by atoms with Gasteiger partial charge in [0.2, 0.25) is 5.89 Å². The van der Waals surface area contributed by atoms with Gasteiger partial charge in [0.05, 0.1) is 13.7 Å². The van der Waals surface area contributed by atoms with Crippen molar-refractivity contribution in [3.8, 4) is 23.0 Å². The van der Waals surface area contributed by atoms with Crippen LogP contribution in [0, 0.1) is 0 Å². The Bertz CT molecular complexity index is 1170. The lowest BCUT2D eigenvalue weighted by Crippen LogP contribution is -2.12. The van der Waals surface area contributed by atoms with Crippen LogP contribution < -0.4 is 14.8 Å². The predicted molar refractivity (Wildman–Crippen MR) is 116 cm³/mol. The van der Waals surface area contributed by atoms with Gasteiger partial charge in [-0.2, -0.15) is 0 Å². The van der Waals surface area contributed by atoms with Gasteiger partial charge in [-0.15, -0.1) is 0 Å². The highest BCUT2D eigenvalue weighted by Crippen LogP contribution is 2.27. The van der Waals surface area contributed by atoms with Gasteiger partial charge in [0.1, 0.15) is 17.0 Å². The number of carbonyl (C=O) groups is 1. The van der Waals surface area contributed by atoms with E-state index in [2.05, 4.69) is 10.3 Å². The van der Waals surface area contributed by atoms with E-state index in [1.807, 2.05) is 61.5 Å². The van der Waals surface area contributed by atoms with Gasteiger partial charge < -0.3 is 19.2 Å². The number of benzene rings is 3. The second-order valence-electron chi connectivity index (χ2n) is 6.76. The first-order valence-electron chi connectivity index (χ1n) is 9.75. The molecule has 0 bridgehead atoms. The molecule has 1 amide bonds. The monoisotopic (exact) mass is 402 g/mol. The molecule has 1 N–H and O–H groups in total. The lowest BCUT2D eigenvalue weighted by Gasteiger charge is -2.08. The normalized spacial score (nSPS) is 10.7. The number of oxazole rings is 1. The smallest absolute Gasteiger partial charge is 0.255 e. The molecule has 1 aromatic heterocycles. The first kappa shape index (κ1) is 19.5. The third-order valence-corrected chi connectivity index (χ3v) is 4.55. The molecule has 6 nitrogen and oxygen atoms in total. The van der Waals surface area contributed by atoms with E-state index in [-0.39, 0.29) is 5.91 Å². The fourth-order valence-electron chi connectivity index (χ4n) is 3.00. The van der Waals surface area contributed by atoms with Gasteiger partial charge >= 0.3 is 0 Å². The first-order valence-corrected chi connectivity index (χ1v) is 9.75. The minimum absolute atomic E-state index is 0.196. The number of anilines is 1. The molecular formula is C24H22N2O4. The Balaban J connectivity index is 1.48. The molecule has 0 saturated carbocycles. The molecule has 0 atom stereocenters. The summed E-state index contributed by atoms with van der Waals surface area (Å²) in [5, 5.41) is 2.90. The number of nitrogens with zero attached hydrogens (tertiary/aromatic N) is 1. The van der Waals surface area contributed by atoms with Crippen LogP contribution in [0.5, 0.6) is 11.5 Å². The average molecular weight is 402 g/mol. The summed E-state index contributed by atoms with van der Waals surface area (Å²) in [6.45, 7) is 2.66. The van der Waals surface area contributed by atoms with Crippen LogP contribution in [0.2, 0.25) is 0 Å². The number of hydrogen-bond donors (Lipinski definition) is 1. The van der Waals surface area contributed by atoms with E-state index < -0.39 is 0 Å². The molecule has 0 aliphatic heterocycles. The molecule has 0 unspecified atom stereocenters. The van der Waals surface area contributed by atoms with Gasteiger partial charge in [-0.1, -0.05) is 13.0 Å². The number of carbonyl (C=O) groups excluding carboxylic acids is 1. The predicted octanol–water partition coefficient (Wildman–Crippen LogP) is 5.54. The minimum Gasteiger partial charge on any atom is -0.497 e. The average Bonchev–Trinajstić information content (AvgIpc) is 3.21. The molecule has 4 aromatic rings. The van der Waals surface area contributed by atoms with E-state index >= 15 is 0 Å². The van der Waals surface area contributed by atoms with Crippen LogP contribution >= 0.6 is 0 Å². The maximum Gasteiger partial charge on any atom is 0.255 e. The van der Waals surface area contributed by atoms with E-state index in [0.717, 1.165) is 23.3 Å². The van der Waals surface area contributed by atoms with Crippen molar-refractivity contribution in [2.75, 3.05) is 19.0 Å². The Morgan fingerprint density at radius 1 is 1.03 bits per heavy atom. The number of aromatic nitrogens is 1. The largest absolute Gasteiger partial charge is 0.497 e. The molecule has 3 aromatic carbocycles. The summed E-state index contributed by atoms with van der Waals surface area (Å²) in [5.41, 5.74) is 3.46. The molecule has 1 heterocycles. The zero-order valence-corrected chi connectivity index (χ0v) is 16.8. The molecule has 152 valence electrons. The molecule has 0 fully saturated rings. The summed E-state index contributed by atoms with van der Waals surface area (Å²) < 4.78 is 16.6. The van der Waals surface area contributed by atoms with Crippen molar-refractivity contribution in [3.63, 3.8) is 0 Å². The van der Waals surface area contributed by atoms with E-state index in [0.29, 0.717) is 35.1 Å². The Kier molecular flexibility index (Phi) is 5.66. The molecule has 0 aliphatic carbocycles. The lowest BCUT2D eigenvalue weighted by molar-refractivity contribution is 0.102. The van der Waals surface area contributed by atoms with E-state index in [9.17, 15) is 4.79 Å². The quantitative estimate of drug-likeness (QED) is 0.439. The zero-order chi connectivity index (χ0) is 20.9. The Labute approximate surface area is 174 Å². The highest BCUT2D eigenvalue weighted by Gasteiger charge is 2.11. The van der Waals surface area contributed by atoms with Gasteiger partial charge in [0.25, 0.3) is 5.91 Å². The number of fused-ring (bicyclic) bond motifs is 1. The molecule has 0 spiro atoms. The minimum atomic E-state index is -0.196. The molecule has 4 rings (SSSR count). The highest BCUT2D eigenvalue weighted by molar-refractivity contribution is 6.04. The van der Waals surface area contributed by atoms with Crippen LogP contribution in [-0.4, -0.2) is 24.6 Å². The van der Waals surface area contributed by atoms with Crippen LogP contribution in [0.4, 0.5) is 5.69 Å². The second kappa shape index (κ2) is 8.69. The van der Waals surface area contributed by atoms with Gasteiger partial charge in [-0.3, -0.25) is 4.79 Å². The topological polar surface area (TPSA) is 73.6 Å². The standard InChI is InChI=1S/C24H22N2O4/c1-3-13-29-20-6-4-5-17(14-20)23(27)25-18-9-7-16(8-10-18)24-26-21-15-19(28-2)11-12-22(21)30-24/h4-12,14-15H,3,13H2,1-2H3,(H,25,27). The summed E-state index contributed by atoms with van der Waals surface area (Å²) in [7, 11) is 1.61. The van der Waals surface area contributed by atoms with Crippen LogP contribution in [0.15, 0.2) is 71.1 Å². The fraction of sp³-hybridized carbons (Fsp3) is 0.167. The zero-order valence-electron chi connectivity index (χ0n) is 16.8. The maximum absolute atomic E-state index is 12.6. The van der Waals surface area contributed by atoms with E-state index in [4.69, 9.17) is 13.9 Å². The molecule has 0 radical (unpaired) electrons. The van der Waals surface area contributed by atoms with Crippen molar-refractivity contribution in [2.45, 2.75) is 13.3 Å². The van der Waals surface area contributed by atoms with E-state index in [1.165, 1.54) is 0 Å². The van der Waals surface area contributed by atoms with Crippen molar-refractivity contribution in [1.82, 2.24) is 4.98 Å². The molecule has 6 heteroatoms. The van der Waals surface area contributed by atoms with Crippen LogP contribution in [0.25, 0.3) is 22.6 Å². The Hall–Kier alpha value is -3.80. The maximum atomic E-state index is 12.6. The van der Waals surface area contributed by atoms with Crippen molar-refractivity contribution >= 4 is 22.7 Å². The van der Waals surface area contributed by atoms with E-state index in [1.54, 1.807) is 19.2 Å². The number of hydrogen-bond acceptors (Lipinski definition) is 5. The lowest BCUT2D eigenvalue weighted by atomic mass is 10.1. The summed E-state index contributed by atoms with van der Waals surface area (Å²) in [5.74, 6) is 1.73. The van der Waals surface area contributed by atoms with Crippen molar-refractivity contribution in [3.05, 3.63) is 72.3 Å². The summed E-state index contributed by atoms with van der Waals surface area (Å²) in [6, 6.07) is 20.0. The number of methoxy groups -OCH3 is 1. The number of rotatable bonds is 7. The van der Waals surface area contributed by atoms with Crippen LogP contribution in [0.3, 0.4) is 0 Å². The summed E-state index contributed by atoms with van der Waals surface area (Å²) in [6.07, 6.45) is 0.913. The molecule has 0 saturated heterocycles. The first-order chi connectivity index (χ1) is 14.7. The second-order valence-corrected chi connectivity index (χ2v) is 6.76. The molecule has 30 heavy (non-hydrogen) atoms. The van der Waals surface area contributed by atoms with Crippen molar-refractivity contribution in [2.24, 2.45) is 0 Å². The van der Waals surface area contributed by atoms with Crippen LogP contribution in [-0.2, 0) is 0 Å². The Morgan fingerprint density at radius 3 is 2.63 bits per heavy atom. The van der Waals surface area contributed by atoms with Gasteiger partial charge in [-0.05, 0) is 61.0 Å². The van der Waals surface area contributed by atoms with Crippen LogP contribution in [0.1, 0.15) is 23.7 Å². The van der Waals surface area contributed by atoms with Gasteiger partial charge in [-0.25, -0.2) is 4.98 Å². The highest BCUT2D eigenvalue weighted by atomic mass is 16.5. The van der Waals surface area contributed by atoms with Gasteiger partial charge in [0.15, 0.2) is 5.58 Å². The molecule has 0 aliphatic rings.